The van der Waals surface area contributed by atoms with Crippen molar-refractivity contribution in [3.05, 3.63) is 121 Å². The van der Waals surface area contributed by atoms with Gasteiger partial charge in [-0.05, 0) is 24.3 Å². The van der Waals surface area contributed by atoms with Crippen LogP contribution in [0.2, 0.25) is 0 Å². The summed E-state index contributed by atoms with van der Waals surface area (Å²) in [6.45, 7) is 0. The summed E-state index contributed by atoms with van der Waals surface area (Å²) in [5, 5.41) is 5.18. The topological polar surface area (TPSA) is 58.5 Å². The van der Waals surface area contributed by atoms with Crippen LogP contribution < -0.4 is 15.7 Å². The molecular weight excluding hydrogens is 411 g/mol. The fraction of sp³-hybridized carbons (Fsp3) is 0. The average molecular weight is 432 g/mol. The third-order valence-electron chi connectivity index (χ3n) is 4.60. The molecule has 0 radical (unpaired) electrons. The summed E-state index contributed by atoms with van der Waals surface area (Å²) in [5.41, 5.74) is 0.811. The van der Waals surface area contributed by atoms with E-state index < -0.39 is 17.2 Å². The smallest absolute Gasteiger partial charge is 0.283 e. The zero-order chi connectivity index (χ0) is 20.9. The molecule has 0 amide bonds. The summed E-state index contributed by atoms with van der Waals surface area (Å²) in [5.74, 6) is 0. The van der Waals surface area contributed by atoms with Gasteiger partial charge in [0.25, 0.3) is 10.0 Å². The van der Waals surface area contributed by atoms with E-state index in [-0.39, 0.29) is 4.90 Å². The molecule has 0 aliphatic carbocycles. The SMILES string of the molecule is O=S(=O)(N=P(Nc1ccccc1)(c1ccccc1)c1ccccc1)c1ccccc1. The van der Waals surface area contributed by atoms with E-state index in [1.165, 1.54) is 0 Å². The molecule has 0 spiro atoms. The van der Waals surface area contributed by atoms with E-state index in [0.29, 0.717) is 0 Å². The Morgan fingerprint density at radius 2 is 0.967 bits per heavy atom. The predicted molar refractivity (Wildman–Crippen MR) is 125 cm³/mol. The third-order valence-corrected chi connectivity index (χ3v) is 9.98. The van der Waals surface area contributed by atoms with Gasteiger partial charge in [0.05, 0.1) is 4.90 Å². The molecule has 1 N–H and O–H groups in total. The lowest BCUT2D eigenvalue weighted by Gasteiger charge is -2.27. The Morgan fingerprint density at radius 1 is 0.567 bits per heavy atom. The molecule has 0 saturated carbocycles. The number of para-hydroxylation sites is 1. The Bertz CT molecular complexity index is 1220. The molecule has 4 rings (SSSR count). The lowest BCUT2D eigenvalue weighted by atomic mass is 10.3. The van der Waals surface area contributed by atoms with Gasteiger partial charge in [-0.15, -0.1) is 4.15 Å². The Balaban J connectivity index is 2.05. The second-order valence-corrected chi connectivity index (χ2v) is 11.3. The van der Waals surface area contributed by atoms with Gasteiger partial charge in [-0.2, -0.15) is 8.42 Å². The normalized spacial score (nSPS) is 11.6. The second kappa shape index (κ2) is 8.70. The lowest BCUT2D eigenvalue weighted by molar-refractivity contribution is 0.598. The second-order valence-electron chi connectivity index (χ2n) is 6.65. The highest BCUT2D eigenvalue weighted by molar-refractivity contribution is 7.97. The standard InChI is InChI=1S/C24H21N2O2PS/c27-30(28,24-19-11-4-12-20-24)26-29(22-15-7-2-8-16-22,23-17-9-3-10-18-23)25-21-13-5-1-6-14-21/h1-20,25H. The number of rotatable bonds is 6. The average Bonchev–Trinajstić information content (AvgIpc) is 2.81. The van der Waals surface area contributed by atoms with Crippen molar-refractivity contribution in [3.63, 3.8) is 0 Å². The fourth-order valence-electron chi connectivity index (χ4n) is 3.18. The van der Waals surface area contributed by atoms with Crippen molar-refractivity contribution in [2.45, 2.75) is 4.90 Å². The molecule has 0 aliphatic heterocycles. The number of anilines is 1. The maximum Gasteiger partial charge on any atom is 0.283 e. The van der Waals surface area contributed by atoms with E-state index in [1.807, 2.05) is 91.0 Å². The van der Waals surface area contributed by atoms with Crippen molar-refractivity contribution in [3.8, 4) is 0 Å². The van der Waals surface area contributed by atoms with Crippen LogP contribution in [-0.2, 0) is 10.0 Å². The Kier molecular flexibility index (Phi) is 5.84. The molecule has 0 unspecified atom stereocenters. The molecule has 4 nitrogen and oxygen atoms in total. The van der Waals surface area contributed by atoms with E-state index in [9.17, 15) is 8.42 Å². The molecule has 4 aromatic carbocycles. The van der Waals surface area contributed by atoms with Gasteiger partial charge < -0.3 is 5.09 Å². The van der Waals surface area contributed by atoms with Crippen molar-refractivity contribution in [2.24, 2.45) is 4.15 Å². The minimum atomic E-state index is -3.92. The van der Waals surface area contributed by atoms with Gasteiger partial charge in [0, 0.05) is 16.3 Å². The van der Waals surface area contributed by atoms with Gasteiger partial charge in [0.2, 0.25) is 0 Å². The van der Waals surface area contributed by atoms with Crippen LogP contribution in [0.15, 0.2) is 130 Å². The van der Waals surface area contributed by atoms with Crippen LogP contribution in [0.25, 0.3) is 0 Å². The Labute approximate surface area is 177 Å². The summed E-state index contributed by atoms with van der Waals surface area (Å²) in [6.07, 6.45) is 0. The van der Waals surface area contributed by atoms with Gasteiger partial charge >= 0.3 is 0 Å². The summed E-state index contributed by atoms with van der Waals surface area (Å²) < 4.78 is 31.4. The van der Waals surface area contributed by atoms with E-state index >= 15 is 0 Å². The molecule has 0 aliphatic rings. The highest BCUT2D eigenvalue weighted by Gasteiger charge is 2.29. The maximum atomic E-state index is 13.4. The zero-order valence-electron chi connectivity index (χ0n) is 16.2. The van der Waals surface area contributed by atoms with Crippen molar-refractivity contribution < 1.29 is 8.42 Å². The number of hydrogen-bond acceptors (Lipinski definition) is 2. The molecular formula is C24H21N2O2PS. The van der Waals surface area contributed by atoms with Crippen LogP contribution >= 0.6 is 7.21 Å². The van der Waals surface area contributed by atoms with Crippen LogP contribution in [0.5, 0.6) is 0 Å². The van der Waals surface area contributed by atoms with Gasteiger partial charge in [0.1, 0.15) is 7.21 Å². The molecule has 6 heteroatoms. The van der Waals surface area contributed by atoms with Gasteiger partial charge in [0.15, 0.2) is 0 Å². The number of nitrogens with one attached hydrogen (secondary N) is 1. The molecule has 0 aromatic heterocycles. The first-order valence-electron chi connectivity index (χ1n) is 9.48. The minimum Gasteiger partial charge on any atom is -0.344 e. The third kappa shape index (κ3) is 4.23. The lowest BCUT2D eigenvalue weighted by Crippen LogP contribution is -2.23. The quantitative estimate of drug-likeness (QED) is 0.423. The molecule has 0 heterocycles. The molecule has 0 fully saturated rings. The Hall–Kier alpha value is -3.14. The molecule has 150 valence electrons. The maximum absolute atomic E-state index is 13.4. The first-order valence-corrected chi connectivity index (χ1v) is 12.7. The minimum absolute atomic E-state index is 0.177. The molecule has 0 bridgehead atoms. The van der Waals surface area contributed by atoms with Crippen molar-refractivity contribution >= 4 is 33.5 Å². The number of nitrogens with zero attached hydrogens (tertiary/aromatic N) is 1. The Morgan fingerprint density at radius 3 is 1.43 bits per heavy atom. The van der Waals surface area contributed by atoms with E-state index in [1.54, 1.807) is 30.3 Å². The molecule has 0 atom stereocenters. The number of benzene rings is 4. The van der Waals surface area contributed by atoms with Crippen molar-refractivity contribution in [2.75, 3.05) is 5.09 Å². The van der Waals surface area contributed by atoms with E-state index in [4.69, 9.17) is 0 Å². The van der Waals surface area contributed by atoms with Crippen LogP contribution in [0.4, 0.5) is 5.69 Å². The van der Waals surface area contributed by atoms with Crippen LogP contribution in [-0.4, -0.2) is 8.42 Å². The van der Waals surface area contributed by atoms with Crippen molar-refractivity contribution in [1.82, 2.24) is 0 Å². The zero-order valence-corrected chi connectivity index (χ0v) is 17.9. The molecule has 4 aromatic rings. The first-order chi connectivity index (χ1) is 14.6. The number of hydrogen-bond donors (Lipinski definition) is 1. The monoisotopic (exact) mass is 432 g/mol. The highest BCUT2D eigenvalue weighted by atomic mass is 32.2. The number of sulfonamides is 1. The largest absolute Gasteiger partial charge is 0.344 e. The van der Waals surface area contributed by atoms with Crippen LogP contribution in [0.3, 0.4) is 0 Å². The highest BCUT2D eigenvalue weighted by Crippen LogP contribution is 2.49. The summed E-state index contributed by atoms with van der Waals surface area (Å²) >= 11 is 0. The van der Waals surface area contributed by atoms with Gasteiger partial charge in [-0.3, -0.25) is 0 Å². The van der Waals surface area contributed by atoms with Gasteiger partial charge in [-0.1, -0.05) is 97.1 Å². The van der Waals surface area contributed by atoms with E-state index in [0.717, 1.165) is 16.3 Å². The predicted octanol–water partition coefficient (Wildman–Crippen LogP) is 5.25. The first kappa shape index (κ1) is 20.1. The fourth-order valence-corrected chi connectivity index (χ4v) is 8.55. The van der Waals surface area contributed by atoms with Crippen LogP contribution in [0.1, 0.15) is 0 Å². The van der Waals surface area contributed by atoms with Crippen LogP contribution in [0, 0.1) is 0 Å². The van der Waals surface area contributed by atoms with Crippen molar-refractivity contribution in [1.29, 1.82) is 0 Å². The van der Waals surface area contributed by atoms with Gasteiger partial charge in [-0.25, -0.2) is 0 Å². The molecule has 30 heavy (non-hydrogen) atoms. The summed E-state index contributed by atoms with van der Waals surface area (Å²) in [7, 11) is -6.85. The summed E-state index contributed by atoms with van der Waals surface area (Å²) in [6, 6.07) is 37.1. The van der Waals surface area contributed by atoms with E-state index in [2.05, 4.69) is 9.24 Å². The molecule has 0 saturated heterocycles. The summed E-state index contributed by atoms with van der Waals surface area (Å²) in [4.78, 5) is 0.177.